The molecule has 1 aromatic rings. The third-order valence-electron chi connectivity index (χ3n) is 2.64. The van der Waals surface area contributed by atoms with Crippen LogP contribution in [-0.2, 0) is 6.42 Å². The van der Waals surface area contributed by atoms with Crippen LogP contribution < -0.4 is 0 Å². The summed E-state index contributed by atoms with van der Waals surface area (Å²) in [4.78, 5) is 5.04. The van der Waals surface area contributed by atoms with E-state index in [1.54, 1.807) is 0 Å². The minimum atomic E-state index is 0.640. The molecule has 1 aliphatic carbocycles. The van der Waals surface area contributed by atoms with Crippen LogP contribution in [-0.4, -0.2) is 9.81 Å². The van der Waals surface area contributed by atoms with Crippen molar-refractivity contribution in [3.63, 3.8) is 0 Å². The van der Waals surface area contributed by atoms with Crippen LogP contribution in [0.4, 0.5) is 0 Å². The van der Waals surface area contributed by atoms with Crippen molar-refractivity contribution in [2.24, 2.45) is 5.92 Å². The van der Waals surface area contributed by atoms with Crippen molar-refractivity contribution in [2.75, 3.05) is 0 Å². The minimum Gasteiger partial charge on any atom is -0.261 e. The largest absolute Gasteiger partial charge is 0.261 e. The molecule has 0 bridgehead atoms. The first kappa shape index (κ1) is 9.20. The van der Waals surface area contributed by atoms with Crippen LogP contribution in [0.5, 0.6) is 0 Å². The molecule has 1 unspecified atom stereocenters. The van der Waals surface area contributed by atoms with Crippen LogP contribution in [0.1, 0.15) is 24.1 Å². The summed E-state index contributed by atoms with van der Waals surface area (Å²) in [5.74, 6) is 0.904. The lowest BCUT2D eigenvalue weighted by Gasteiger charge is -2.08. The summed E-state index contributed by atoms with van der Waals surface area (Å²) < 4.78 is 0. The van der Waals surface area contributed by atoms with Crippen LogP contribution in [0.15, 0.2) is 18.3 Å². The average molecular weight is 240 g/mol. The Morgan fingerprint density at radius 1 is 1.62 bits per heavy atom. The van der Waals surface area contributed by atoms with Gasteiger partial charge in [-0.25, -0.2) is 0 Å². The van der Waals surface area contributed by atoms with Crippen LogP contribution in [0.2, 0.25) is 0 Å². The van der Waals surface area contributed by atoms with Gasteiger partial charge in [0.1, 0.15) is 0 Å². The normalized spacial score (nSPS) is 18.6. The van der Waals surface area contributed by atoms with Crippen molar-refractivity contribution in [2.45, 2.75) is 31.0 Å². The Morgan fingerprint density at radius 2 is 2.38 bits per heavy atom. The Labute approximate surface area is 87.7 Å². The first-order chi connectivity index (χ1) is 6.27. The fourth-order valence-electron chi connectivity index (χ4n) is 1.54. The summed E-state index contributed by atoms with van der Waals surface area (Å²) in [6, 6.07) is 4.13. The maximum atomic E-state index is 4.40. The molecule has 0 spiro atoms. The Bertz CT molecular complexity index is 294. The van der Waals surface area contributed by atoms with Gasteiger partial charge in [-0.3, -0.25) is 4.98 Å². The number of nitrogens with zero attached hydrogens (tertiary/aromatic N) is 1. The zero-order valence-electron chi connectivity index (χ0n) is 7.83. The molecule has 0 radical (unpaired) electrons. The Kier molecular flexibility index (Phi) is 2.68. The van der Waals surface area contributed by atoms with E-state index < -0.39 is 0 Å². The molecule has 0 aliphatic heterocycles. The molecule has 0 amide bonds. The second kappa shape index (κ2) is 3.79. The van der Waals surface area contributed by atoms with Gasteiger partial charge < -0.3 is 0 Å². The Morgan fingerprint density at radius 3 is 3.00 bits per heavy atom. The maximum absolute atomic E-state index is 4.40. The number of alkyl halides is 1. The van der Waals surface area contributed by atoms with Crippen LogP contribution >= 0.6 is 15.9 Å². The molecule has 70 valence electrons. The van der Waals surface area contributed by atoms with Gasteiger partial charge in [0.2, 0.25) is 0 Å². The quantitative estimate of drug-likeness (QED) is 0.740. The van der Waals surface area contributed by atoms with Gasteiger partial charge in [0.05, 0.1) is 0 Å². The van der Waals surface area contributed by atoms with E-state index >= 15 is 0 Å². The first-order valence-corrected chi connectivity index (χ1v) is 5.73. The van der Waals surface area contributed by atoms with Gasteiger partial charge >= 0.3 is 0 Å². The topological polar surface area (TPSA) is 12.9 Å². The summed E-state index contributed by atoms with van der Waals surface area (Å²) in [5.41, 5.74) is 2.56. The van der Waals surface area contributed by atoms with Crippen molar-refractivity contribution in [1.82, 2.24) is 4.98 Å². The predicted molar refractivity (Wildman–Crippen MR) is 58.1 cm³/mol. The summed E-state index contributed by atoms with van der Waals surface area (Å²) in [7, 11) is 0. The van der Waals surface area contributed by atoms with Crippen LogP contribution in [0, 0.1) is 12.8 Å². The highest BCUT2D eigenvalue weighted by atomic mass is 79.9. The van der Waals surface area contributed by atoms with E-state index in [1.807, 2.05) is 12.3 Å². The number of aromatic nitrogens is 1. The van der Waals surface area contributed by atoms with Crippen LogP contribution in [0.25, 0.3) is 0 Å². The third-order valence-corrected chi connectivity index (χ3v) is 3.71. The molecule has 1 aromatic heterocycles. The summed E-state index contributed by atoms with van der Waals surface area (Å²) in [6.07, 6.45) is 5.75. The lowest BCUT2D eigenvalue weighted by molar-refractivity contribution is 0.742. The van der Waals surface area contributed by atoms with Gasteiger partial charge in [0, 0.05) is 23.1 Å². The summed E-state index contributed by atoms with van der Waals surface area (Å²) in [5, 5.41) is 0. The van der Waals surface area contributed by atoms with E-state index in [9.17, 15) is 0 Å². The molecule has 1 nitrogen and oxygen atoms in total. The number of pyridine rings is 1. The van der Waals surface area contributed by atoms with E-state index in [0.717, 1.165) is 12.3 Å². The molecular weight excluding hydrogens is 226 g/mol. The van der Waals surface area contributed by atoms with Crippen molar-refractivity contribution in [1.29, 1.82) is 0 Å². The highest BCUT2D eigenvalue weighted by molar-refractivity contribution is 9.09. The van der Waals surface area contributed by atoms with E-state index in [4.69, 9.17) is 0 Å². The highest BCUT2D eigenvalue weighted by Gasteiger charge is 2.29. The number of hydrogen-bond acceptors (Lipinski definition) is 1. The van der Waals surface area contributed by atoms with Gasteiger partial charge in [-0.05, 0) is 37.3 Å². The molecule has 0 N–H and O–H groups in total. The predicted octanol–water partition coefficient (Wildman–Crippen LogP) is 3.11. The second-order valence-electron chi connectivity index (χ2n) is 3.82. The van der Waals surface area contributed by atoms with E-state index in [-0.39, 0.29) is 0 Å². The monoisotopic (exact) mass is 239 g/mol. The highest BCUT2D eigenvalue weighted by Crippen LogP contribution is 2.38. The zero-order chi connectivity index (χ0) is 9.26. The van der Waals surface area contributed by atoms with Crippen LogP contribution in [0.3, 0.4) is 0 Å². The van der Waals surface area contributed by atoms with Gasteiger partial charge in [0.25, 0.3) is 0 Å². The molecular formula is C11H14BrN. The lowest BCUT2D eigenvalue weighted by atomic mass is 10.1. The van der Waals surface area contributed by atoms with Gasteiger partial charge in [-0.15, -0.1) is 0 Å². The molecule has 13 heavy (non-hydrogen) atoms. The second-order valence-corrected chi connectivity index (χ2v) is 5.00. The fourth-order valence-corrected chi connectivity index (χ4v) is 2.38. The smallest absolute Gasteiger partial charge is 0.0443 e. The van der Waals surface area contributed by atoms with Crippen molar-refractivity contribution < 1.29 is 0 Å². The summed E-state index contributed by atoms with van der Waals surface area (Å²) >= 11 is 3.74. The lowest BCUT2D eigenvalue weighted by Crippen LogP contribution is -2.07. The molecule has 0 saturated heterocycles. The third kappa shape index (κ3) is 2.31. The van der Waals surface area contributed by atoms with Gasteiger partial charge in [0.15, 0.2) is 0 Å². The minimum absolute atomic E-state index is 0.640. The number of rotatable bonds is 3. The molecule has 1 aliphatic rings. The maximum Gasteiger partial charge on any atom is 0.0443 e. The fraction of sp³-hybridized carbons (Fsp3) is 0.545. The molecule has 1 heterocycles. The Hall–Kier alpha value is -0.370. The van der Waals surface area contributed by atoms with Crippen molar-refractivity contribution in [3.8, 4) is 0 Å². The molecule has 1 atom stereocenters. The molecule has 1 fully saturated rings. The molecule has 2 heteroatoms. The zero-order valence-corrected chi connectivity index (χ0v) is 9.42. The van der Waals surface area contributed by atoms with Gasteiger partial charge in [-0.2, -0.15) is 0 Å². The average Bonchev–Trinajstić information content (AvgIpc) is 2.91. The number of hydrogen-bond donors (Lipinski definition) is 0. The SMILES string of the molecule is Cc1cccnc1CC(Br)C1CC1. The molecule has 2 rings (SSSR count). The number of halogens is 1. The molecule has 1 saturated carbocycles. The van der Waals surface area contributed by atoms with Crippen molar-refractivity contribution >= 4 is 15.9 Å². The van der Waals surface area contributed by atoms with E-state index in [0.29, 0.717) is 4.83 Å². The van der Waals surface area contributed by atoms with E-state index in [2.05, 4.69) is 33.9 Å². The van der Waals surface area contributed by atoms with E-state index in [1.165, 1.54) is 24.1 Å². The summed E-state index contributed by atoms with van der Waals surface area (Å²) in [6.45, 7) is 2.13. The first-order valence-electron chi connectivity index (χ1n) is 4.82. The van der Waals surface area contributed by atoms with Gasteiger partial charge in [-0.1, -0.05) is 22.0 Å². The number of aryl methyl sites for hydroxylation is 1. The standard InChI is InChI=1S/C11H14BrN/c1-8-3-2-6-13-11(8)7-10(12)9-4-5-9/h2-3,6,9-10H,4-5,7H2,1H3. The Balaban J connectivity index is 2.03. The van der Waals surface area contributed by atoms with Crippen molar-refractivity contribution in [3.05, 3.63) is 29.6 Å². The molecule has 0 aromatic carbocycles.